The molecule has 3 heteroatoms. The molecule has 1 nitrogen and oxygen atoms in total. The van der Waals surface area contributed by atoms with Gasteiger partial charge in [-0.25, -0.2) is 0 Å². The first-order valence-electron chi connectivity index (χ1n) is 6.64. The number of hydrogen-bond donors (Lipinski definition) is 1. The van der Waals surface area contributed by atoms with Crippen LogP contribution in [0.3, 0.4) is 0 Å². The van der Waals surface area contributed by atoms with Crippen LogP contribution >= 0.6 is 23.2 Å². The van der Waals surface area contributed by atoms with Crippen molar-refractivity contribution in [2.75, 3.05) is 6.54 Å². The first-order valence-corrected chi connectivity index (χ1v) is 7.39. The fourth-order valence-corrected chi connectivity index (χ4v) is 2.65. The summed E-state index contributed by atoms with van der Waals surface area (Å²) in [6.07, 6.45) is 4.87. The molecule has 0 spiro atoms. The van der Waals surface area contributed by atoms with Gasteiger partial charge in [0.1, 0.15) is 0 Å². The molecule has 1 saturated carbocycles. The number of benzene rings is 1. The molecule has 0 saturated heterocycles. The molecule has 2 rings (SSSR count). The summed E-state index contributed by atoms with van der Waals surface area (Å²) in [7, 11) is 0. The van der Waals surface area contributed by atoms with Crippen LogP contribution in [0.2, 0.25) is 10.0 Å². The lowest BCUT2D eigenvalue weighted by molar-refractivity contribution is 0.325. The summed E-state index contributed by atoms with van der Waals surface area (Å²) in [6, 6.07) is 6.58. The minimum Gasteiger partial charge on any atom is -0.314 e. The SMILES string of the molecule is CC(C)(CCNC1CC1)Cc1ccc(Cl)cc1Cl. The van der Waals surface area contributed by atoms with Crippen LogP contribution in [0.25, 0.3) is 0 Å². The third-order valence-corrected chi connectivity index (χ3v) is 4.08. The highest BCUT2D eigenvalue weighted by atomic mass is 35.5. The van der Waals surface area contributed by atoms with Gasteiger partial charge in [0.25, 0.3) is 0 Å². The smallest absolute Gasteiger partial charge is 0.0453 e. The Morgan fingerprint density at radius 3 is 2.61 bits per heavy atom. The average molecular weight is 286 g/mol. The molecule has 0 bridgehead atoms. The van der Waals surface area contributed by atoms with E-state index in [1.54, 1.807) is 0 Å². The van der Waals surface area contributed by atoms with Crippen molar-refractivity contribution >= 4 is 23.2 Å². The zero-order valence-corrected chi connectivity index (χ0v) is 12.6. The fourth-order valence-electron chi connectivity index (χ4n) is 2.17. The summed E-state index contributed by atoms with van der Waals surface area (Å²) in [5.41, 5.74) is 1.46. The van der Waals surface area contributed by atoms with Gasteiger partial charge in [-0.2, -0.15) is 0 Å². The predicted molar refractivity (Wildman–Crippen MR) is 79.6 cm³/mol. The summed E-state index contributed by atoms with van der Waals surface area (Å²) >= 11 is 12.1. The summed E-state index contributed by atoms with van der Waals surface area (Å²) < 4.78 is 0. The van der Waals surface area contributed by atoms with Crippen molar-refractivity contribution in [1.82, 2.24) is 5.32 Å². The lowest BCUT2D eigenvalue weighted by atomic mass is 9.82. The molecule has 0 atom stereocenters. The molecule has 0 unspecified atom stereocenters. The normalized spacial score (nSPS) is 16.0. The molecule has 1 aliphatic rings. The minimum absolute atomic E-state index is 0.263. The van der Waals surface area contributed by atoms with Crippen molar-refractivity contribution in [3.8, 4) is 0 Å². The molecule has 0 aromatic heterocycles. The van der Waals surface area contributed by atoms with Crippen LogP contribution < -0.4 is 5.32 Å². The Balaban J connectivity index is 1.88. The molecule has 0 amide bonds. The standard InChI is InChI=1S/C15H21Cl2N/c1-15(2,7-8-18-13-5-6-13)10-11-3-4-12(16)9-14(11)17/h3-4,9,13,18H,5-8,10H2,1-2H3. The van der Waals surface area contributed by atoms with Gasteiger partial charge in [-0.15, -0.1) is 0 Å². The Morgan fingerprint density at radius 2 is 2.00 bits per heavy atom. The van der Waals surface area contributed by atoms with E-state index in [1.807, 2.05) is 18.2 Å². The Labute approximate surface area is 120 Å². The van der Waals surface area contributed by atoms with Gasteiger partial charge in [0.15, 0.2) is 0 Å². The van der Waals surface area contributed by atoms with Gasteiger partial charge in [-0.3, -0.25) is 0 Å². The molecule has 18 heavy (non-hydrogen) atoms. The van der Waals surface area contributed by atoms with E-state index in [2.05, 4.69) is 19.2 Å². The second-order valence-electron chi connectivity index (χ2n) is 6.06. The first-order chi connectivity index (χ1) is 8.46. The maximum Gasteiger partial charge on any atom is 0.0453 e. The van der Waals surface area contributed by atoms with Crippen molar-refractivity contribution in [3.05, 3.63) is 33.8 Å². The van der Waals surface area contributed by atoms with Crippen LogP contribution in [0.15, 0.2) is 18.2 Å². The van der Waals surface area contributed by atoms with Gasteiger partial charge in [0.2, 0.25) is 0 Å². The molecular weight excluding hydrogens is 265 g/mol. The van der Waals surface area contributed by atoms with E-state index < -0.39 is 0 Å². The summed E-state index contributed by atoms with van der Waals surface area (Å²) in [5.74, 6) is 0. The quantitative estimate of drug-likeness (QED) is 0.799. The van der Waals surface area contributed by atoms with E-state index in [9.17, 15) is 0 Å². The van der Waals surface area contributed by atoms with Crippen LogP contribution in [0.1, 0.15) is 38.7 Å². The zero-order valence-electron chi connectivity index (χ0n) is 11.1. The number of hydrogen-bond acceptors (Lipinski definition) is 1. The van der Waals surface area contributed by atoms with Crippen LogP contribution in [0, 0.1) is 5.41 Å². The molecule has 1 aromatic rings. The monoisotopic (exact) mass is 285 g/mol. The zero-order chi connectivity index (χ0) is 13.2. The molecule has 0 radical (unpaired) electrons. The van der Waals surface area contributed by atoms with Gasteiger partial charge < -0.3 is 5.32 Å². The van der Waals surface area contributed by atoms with Gasteiger partial charge in [0.05, 0.1) is 0 Å². The number of rotatable bonds is 6. The van der Waals surface area contributed by atoms with Crippen molar-refractivity contribution in [3.63, 3.8) is 0 Å². The molecule has 0 aliphatic heterocycles. The van der Waals surface area contributed by atoms with Gasteiger partial charge in [-0.1, -0.05) is 43.1 Å². The maximum atomic E-state index is 6.23. The Bertz CT molecular complexity index is 411. The summed E-state index contributed by atoms with van der Waals surface area (Å²) in [6.45, 7) is 5.70. The summed E-state index contributed by atoms with van der Waals surface area (Å²) in [4.78, 5) is 0. The molecule has 100 valence electrons. The van der Waals surface area contributed by atoms with E-state index in [-0.39, 0.29) is 5.41 Å². The summed E-state index contributed by atoms with van der Waals surface area (Å²) in [5, 5.41) is 5.06. The Hall–Kier alpha value is -0.240. The van der Waals surface area contributed by atoms with E-state index in [0.29, 0.717) is 5.02 Å². The van der Waals surface area contributed by atoms with E-state index in [4.69, 9.17) is 23.2 Å². The van der Waals surface area contributed by atoms with E-state index in [1.165, 1.54) is 24.8 Å². The molecular formula is C15H21Cl2N. The van der Waals surface area contributed by atoms with Crippen molar-refractivity contribution in [1.29, 1.82) is 0 Å². The topological polar surface area (TPSA) is 12.0 Å². The molecule has 1 N–H and O–H groups in total. The van der Waals surface area contributed by atoms with Gasteiger partial charge in [0, 0.05) is 16.1 Å². The van der Waals surface area contributed by atoms with Crippen LogP contribution in [0.4, 0.5) is 0 Å². The lowest BCUT2D eigenvalue weighted by Crippen LogP contribution is -2.25. The van der Waals surface area contributed by atoms with Gasteiger partial charge >= 0.3 is 0 Å². The minimum atomic E-state index is 0.263. The highest BCUT2D eigenvalue weighted by Gasteiger charge is 2.23. The lowest BCUT2D eigenvalue weighted by Gasteiger charge is -2.25. The number of halogens is 2. The highest BCUT2D eigenvalue weighted by Crippen LogP contribution is 2.31. The fraction of sp³-hybridized carbons (Fsp3) is 0.600. The Kier molecular flexibility index (Phi) is 4.58. The second kappa shape index (κ2) is 5.81. The third kappa shape index (κ3) is 4.46. The molecule has 0 heterocycles. The van der Waals surface area contributed by atoms with Crippen LogP contribution in [0.5, 0.6) is 0 Å². The molecule has 1 fully saturated rings. The maximum absolute atomic E-state index is 6.23. The Morgan fingerprint density at radius 1 is 1.28 bits per heavy atom. The predicted octanol–water partition coefficient (Wildman–Crippen LogP) is 4.70. The second-order valence-corrected chi connectivity index (χ2v) is 6.90. The largest absolute Gasteiger partial charge is 0.314 e. The molecule has 1 aromatic carbocycles. The van der Waals surface area contributed by atoms with Crippen LogP contribution in [-0.4, -0.2) is 12.6 Å². The van der Waals surface area contributed by atoms with Gasteiger partial charge in [-0.05, 0) is 55.3 Å². The van der Waals surface area contributed by atoms with Crippen molar-refractivity contribution in [2.45, 2.75) is 45.6 Å². The van der Waals surface area contributed by atoms with Crippen LogP contribution in [-0.2, 0) is 6.42 Å². The average Bonchev–Trinajstić information content (AvgIpc) is 3.06. The third-order valence-electron chi connectivity index (χ3n) is 3.50. The van der Waals surface area contributed by atoms with E-state index in [0.717, 1.165) is 24.0 Å². The first kappa shape index (κ1) is 14.2. The number of nitrogens with one attached hydrogen (secondary N) is 1. The highest BCUT2D eigenvalue weighted by molar-refractivity contribution is 6.35. The molecule has 1 aliphatic carbocycles. The van der Waals surface area contributed by atoms with Crippen molar-refractivity contribution in [2.24, 2.45) is 5.41 Å². The van der Waals surface area contributed by atoms with Crippen molar-refractivity contribution < 1.29 is 0 Å². The van der Waals surface area contributed by atoms with E-state index >= 15 is 0 Å².